The fourth-order valence-corrected chi connectivity index (χ4v) is 4.51. The third-order valence-electron chi connectivity index (χ3n) is 2.77. The summed E-state index contributed by atoms with van der Waals surface area (Å²) in [6.45, 7) is 1.59. The van der Waals surface area contributed by atoms with Gasteiger partial charge in [-0.2, -0.15) is 0 Å². The molecule has 0 amide bonds. The van der Waals surface area contributed by atoms with Crippen molar-refractivity contribution in [3.8, 4) is 0 Å². The predicted octanol–water partition coefficient (Wildman–Crippen LogP) is 3.29. The van der Waals surface area contributed by atoms with Gasteiger partial charge in [-0.05, 0) is 52.7 Å². The fraction of sp³-hybridized carbons (Fsp3) is 0.231. The van der Waals surface area contributed by atoms with Crippen LogP contribution in [0.3, 0.4) is 0 Å². The minimum Gasteiger partial charge on any atom is -0.396 e. The van der Waals surface area contributed by atoms with E-state index >= 15 is 0 Å². The van der Waals surface area contributed by atoms with Crippen molar-refractivity contribution in [2.75, 3.05) is 11.3 Å². The van der Waals surface area contributed by atoms with Crippen molar-refractivity contribution in [3.63, 3.8) is 0 Å². The Hall–Kier alpha value is -0.960. The number of anilines is 1. The van der Waals surface area contributed by atoms with Gasteiger partial charge in [-0.15, -0.1) is 11.3 Å². The molecule has 0 saturated carbocycles. The van der Waals surface area contributed by atoms with E-state index in [0.29, 0.717) is 17.7 Å². The van der Waals surface area contributed by atoms with E-state index in [2.05, 4.69) is 20.7 Å². The zero-order chi connectivity index (χ0) is 15.6. The van der Waals surface area contributed by atoms with Gasteiger partial charge in [-0.1, -0.05) is 0 Å². The predicted molar refractivity (Wildman–Crippen MR) is 84.8 cm³/mol. The van der Waals surface area contributed by atoms with Crippen LogP contribution in [0.1, 0.15) is 10.4 Å². The lowest BCUT2D eigenvalue weighted by Crippen LogP contribution is -2.12. The Labute approximate surface area is 134 Å². The van der Waals surface area contributed by atoms with E-state index in [1.54, 1.807) is 13.0 Å². The van der Waals surface area contributed by atoms with Crippen LogP contribution < -0.4 is 4.72 Å². The van der Waals surface area contributed by atoms with Gasteiger partial charge in [0.05, 0.1) is 10.2 Å². The zero-order valence-electron chi connectivity index (χ0n) is 11.1. The molecule has 0 aliphatic heterocycles. The van der Waals surface area contributed by atoms with Crippen molar-refractivity contribution >= 4 is 43.0 Å². The number of benzene rings is 1. The molecule has 1 aromatic carbocycles. The monoisotopic (exact) mass is 393 g/mol. The Balaban J connectivity index is 2.30. The van der Waals surface area contributed by atoms with Gasteiger partial charge in [0.1, 0.15) is 10.0 Å². The van der Waals surface area contributed by atoms with Crippen molar-refractivity contribution in [1.82, 2.24) is 0 Å². The molecule has 1 aromatic heterocycles. The van der Waals surface area contributed by atoms with Crippen LogP contribution in [-0.2, 0) is 16.4 Å². The Morgan fingerprint density at radius 3 is 2.76 bits per heavy atom. The number of nitrogens with one attached hydrogen (secondary N) is 1. The quantitative estimate of drug-likeness (QED) is 0.818. The highest BCUT2D eigenvalue weighted by Crippen LogP contribution is 2.28. The summed E-state index contributed by atoms with van der Waals surface area (Å²) in [5.74, 6) is -0.447. The molecule has 0 atom stereocenters. The second-order valence-electron chi connectivity index (χ2n) is 4.38. The molecule has 0 radical (unpaired) electrons. The van der Waals surface area contributed by atoms with Crippen LogP contribution in [0.15, 0.2) is 32.9 Å². The maximum atomic E-state index is 13.4. The number of thiophene rings is 1. The van der Waals surface area contributed by atoms with E-state index in [0.717, 1.165) is 16.2 Å². The number of hydrogen-bond acceptors (Lipinski definition) is 4. The minimum atomic E-state index is -3.72. The summed E-state index contributed by atoms with van der Waals surface area (Å²) in [5, 5.41) is 8.86. The zero-order valence-corrected chi connectivity index (χ0v) is 14.3. The van der Waals surface area contributed by atoms with Crippen molar-refractivity contribution in [2.24, 2.45) is 0 Å². The molecule has 0 aliphatic carbocycles. The average Bonchev–Trinajstić information content (AvgIpc) is 2.86. The standard InChI is InChI=1S/C13H13BrFNO3S2/c1-8-6-11(15)10(14)7-12(8)16-21(18,19)13-3-2-9(20-13)4-5-17/h2-3,6-7,16-17H,4-5H2,1H3. The smallest absolute Gasteiger partial charge is 0.271 e. The number of hydrogen-bond donors (Lipinski definition) is 2. The maximum absolute atomic E-state index is 13.4. The Morgan fingerprint density at radius 2 is 2.10 bits per heavy atom. The van der Waals surface area contributed by atoms with Gasteiger partial charge >= 0.3 is 0 Å². The van der Waals surface area contributed by atoms with Gasteiger partial charge in [0.25, 0.3) is 10.0 Å². The Kier molecular flexibility index (Phi) is 5.03. The first kappa shape index (κ1) is 16.4. The summed E-state index contributed by atoms with van der Waals surface area (Å²) in [6.07, 6.45) is 0.418. The van der Waals surface area contributed by atoms with E-state index in [9.17, 15) is 12.8 Å². The van der Waals surface area contributed by atoms with Crippen molar-refractivity contribution in [3.05, 3.63) is 45.0 Å². The van der Waals surface area contributed by atoms with Crippen LogP contribution in [0.4, 0.5) is 10.1 Å². The summed E-state index contributed by atoms with van der Waals surface area (Å²) in [7, 11) is -3.72. The first-order valence-corrected chi connectivity index (χ1v) is 9.11. The molecule has 0 bridgehead atoms. The van der Waals surface area contributed by atoms with E-state index in [-0.39, 0.29) is 15.3 Å². The third kappa shape index (κ3) is 3.82. The van der Waals surface area contributed by atoms with Gasteiger partial charge in [0, 0.05) is 17.9 Å². The van der Waals surface area contributed by atoms with Crippen molar-refractivity contribution in [2.45, 2.75) is 17.6 Å². The molecule has 1 heterocycles. The number of aliphatic hydroxyl groups is 1. The second kappa shape index (κ2) is 6.43. The van der Waals surface area contributed by atoms with Crippen LogP contribution in [-0.4, -0.2) is 20.1 Å². The third-order valence-corrected chi connectivity index (χ3v) is 6.38. The Bertz CT molecular complexity index is 759. The lowest BCUT2D eigenvalue weighted by molar-refractivity contribution is 0.300. The molecule has 0 spiro atoms. The Morgan fingerprint density at radius 1 is 1.38 bits per heavy atom. The summed E-state index contributed by atoms with van der Waals surface area (Å²) in [4.78, 5) is 0.787. The highest BCUT2D eigenvalue weighted by Gasteiger charge is 2.18. The first-order chi connectivity index (χ1) is 9.83. The molecule has 114 valence electrons. The molecule has 0 unspecified atom stereocenters. The van der Waals surface area contributed by atoms with Crippen molar-refractivity contribution in [1.29, 1.82) is 0 Å². The normalized spacial score (nSPS) is 11.6. The minimum absolute atomic E-state index is 0.0303. The topological polar surface area (TPSA) is 66.4 Å². The van der Waals surface area contributed by atoms with Gasteiger partial charge in [-0.3, -0.25) is 4.72 Å². The van der Waals surface area contributed by atoms with Gasteiger partial charge in [-0.25, -0.2) is 12.8 Å². The summed E-state index contributed by atoms with van der Waals surface area (Å²) < 4.78 is 40.7. The van der Waals surface area contributed by atoms with E-state index < -0.39 is 15.8 Å². The van der Waals surface area contributed by atoms with Crippen LogP contribution in [0.5, 0.6) is 0 Å². The molecule has 8 heteroatoms. The van der Waals surface area contributed by atoms with Crippen LogP contribution >= 0.6 is 27.3 Å². The van der Waals surface area contributed by atoms with Crippen molar-refractivity contribution < 1.29 is 17.9 Å². The molecule has 0 saturated heterocycles. The van der Waals surface area contributed by atoms with Gasteiger partial charge in [0.15, 0.2) is 0 Å². The number of sulfonamides is 1. The number of rotatable bonds is 5. The van der Waals surface area contributed by atoms with E-state index in [1.165, 1.54) is 18.2 Å². The average molecular weight is 394 g/mol. The lowest BCUT2D eigenvalue weighted by Gasteiger charge is -2.10. The molecule has 2 aromatic rings. The number of aliphatic hydroxyl groups excluding tert-OH is 1. The van der Waals surface area contributed by atoms with E-state index in [4.69, 9.17) is 5.11 Å². The number of halogens is 2. The largest absolute Gasteiger partial charge is 0.396 e. The molecule has 2 rings (SSSR count). The fourth-order valence-electron chi connectivity index (χ4n) is 1.70. The van der Waals surface area contributed by atoms with Crippen LogP contribution in [0, 0.1) is 12.7 Å². The first-order valence-electron chi connectivity index (χ1n) is 6.01. The SMILES string of the molecule is Cc1cc(F)c(Br)cc1NS(=O)(=O)c1ccc(CCO)s1. The van der Waals surface area contributed by atoms with Gasteiger partial charge < -0.3 is 5.11 Å². The molecular formula is C13H13BrFNO3S2. The molecule has 0 fully saturated rings. The number of aryl methyl sites for hydroxylation is 1. The van der Waals surface area contributed by atoms with Gasteiger partial charge in [0.2, 0.25) is 0 Å². The lowest BCUT2D eigenvalue weighted by atomic mass is 10.2. The molecule has 4 nitrogen and oxygen atoms in total. The molecular weight excluding hydrogens is 381 g/mol. The second-order valence-corrected chi connectivity index (χ2v) is 8.31. The molecule has 0 aliphatic rings. The molecule has 2 N–H and O–H groups in total. The summed E-state index contributed by atoms with van der Waals surface area (Å²) in [6, 6.07) is 5.81. The maximum Gasteiger partial charge on any atom is 0.271 e. The summed E-state index contributed by atoms with van der Waals surface area (Å²) in [5.41, 5.74) is 0.812. The highest BCUT2D eigenvalue weighted by atomic mass is 79.9. The van der Waals surface area contributed by atoms with Crippen LogP contribution in [0.2, 0.25) is 0 Å². The summed E-state index contributed by atoms with van der Waals surface area (Å²) >= 11 is 4.13. The van der Waals surface area contributed by atoms with Crippen LogP contribution in [0.25, 0.3) is 0 Å². The highest BCUT2D eigenvalue weighted by molar-refractivity contribution is 9.10. The van der Waals surface area contributed by atoms with E-state index in [1.807, 2.05) is 0 Å². The molecule has 21 heavy (non-hydrogen) atoms.